The maximum absolute atomic E-state index is 13.3. The lowest BCUT2D eigenvalue weighted by atomic mass is 10.1. The van der Waals surface area contributed by atoms with Crippen molar-refractivity contribution in [3.05, 3.63) is 35.4 Å². The van der Waals surface area contributed by atoms with Crippen LogP contribution in [0.3, 0.4) is 0 Å². The summed E-state index contributed by atoms with van der Waals surface area (Å²) in [5.74, 6) is 1.24. The number of halogens is 2. The summed E-state index contributed by atoms with van der Waals surface area (Å²) in [6, 6.07) is 4.85. The van der Waals surface area contributed by atoms with Gasteiger partial charge in [0.15, 0.2) is 5.82 Å². The Morgan fingerprint density at radius 2 is 2.06 bits per heavy atom. The third-order valence-electron chi connectivity index (χ3n) is 2.38. The topological polar surface area (TPSA) is 30.7 Å². The van der Waals surface area contributed by atoms with Crippen LogP contribution in [0.15, 0.2) is 18.2 Å². The van der Waals surface area contributed by atoms with Gasteiger partial charge < -0.3 is 4.57 Å². The standard InChI is InChI=1S/C11H11BrFN3/c1-7-3-8(5-9(13)4-7)11-15-14-10(6-12)16(11)2/h3-5H,6H2,1-2H3. The van der Waals surface area contributed by atoms with Crippen molar-refractivity contribution >= 4 is 15.9 Å². The molecule has 0 saturated heterocycles. The fourth-order valence-corrected chi connectivity index (χ4v) is 2.08. The molecular formula is C11H11BrFN3. The molecule has 1 aromatic carbocycles. The molecule has 3 nitrogen and oxygen atoms in total. The van der Waals surface area contributed by atoms with Gasteiger partial charge in [0.2, 0.25) is 0 Å². The van der Waals surface area contributed by atoms with Crippen LogP contribution in [0.1, 0.15) is 11.4 Å². The van der Waals surface area contributed by atoms with E-state index in [0.717, 1.165) is 17.0 Å². The van der Waals surface area contributed by atoms with Crippen molar-refractivity contribution in [2.75, 3.05) is 0 Å². The second-order valence-corrected chi connectivity index (χ2v) is 4.21. The molecule has 0 N–H and O–H groups in total. The highest BCUT2D eigenvalue weighted by atomic mass is 79.9. The van der Waals surface area contributed by atoms with Crippen LogP contribution in [-0.2, 0) is 12.4 Å². The number of hydrogen-bond acceptors (Lipinski definition) is 2. The van der Waals surface area contributed by atoms with E-state index in [0.29, 0.717) is 11.2 Å². The molecule has 5 heteroatoms. The van der Waals surface area contributed by atoms with Gasteiger partial charge in [-0.15, -0.1) is 10.2 Å². The molecule has 1 aromatic heterocycles. The van der Waals surface area contributed by atoms with E-state index in [-0.39, 0.29) is 5.82 Å². The Labute approximate surface area is 101 Å². The van der Waals surface area contributed by atoms with Crippen LogP contribution in [0, 0.1) is 12.7 Å². The Balaban J connectivity index is 2.54. The molecule has 0 aliphatic carbocycles. The third kappa shape index (κ3) is 2.00. The first-order valence-electron chi connectivity index (χ1n) is 4.83. The van der Waals surface area contributed by atoms with E-state index in [4.69, 9.17) is 0 Å². The van der Waals surface area contributed by atoms with E-state index in [1.165, 1.54) is 12.1 Å². The van der Waals surface area contributed by atoms with Crippen LogP contribution in [-0.4, -0.2) is 14.8 Å². The number of hydrogen-bond donors (Lipinski definition) is 0. The third-order valence-corrected chi connectivity index (χ3v) is 2.89. The summed E-state index contributed by atoms with van der Waals surface area (Å²) in [5.41, 5.74) is 1.62. The van der Waals surface area contributed by atoms with Gasteiger partial charge in [0.25, 0.3) is 0 Å². The smallest absolute Gasteiger partial charge is 0.163 e. The summed E-state index contributed by atoms with van der Waals surface area (Å²) in [5, 5.41) is 8.70. The average Bonchev–Trinajstić information content (AvgIpc) is 2.58. The van der Waals surface area contributed by atoms with Crippen molar-refractivity contribution in [3.63, 3.8) is 0 Å². The zero-order valence-corrected chi connectivity index (χ0v) is 10.6. The number of alkyl halides is 1. The minimum Gasteiger partial charge on any atom is -0.313 e. The minimum absolute atomic E-state index is 0.251. The molecule has 0 fully saturated rings. The molecule has 2 rings (SSSR count). The lowest BCUT2D eigenvalue weighted by Crippen LogP contribution is -1.97. The van der Waals surface area contributed by atoms with Gasteiger partial charge in [0.05, 0.1) is 5.33 Å². The number of rotatable bonds is 2. The summed E-state index contributed by atoms with van der Waals surface area (Å²) in [6.45, 7) is 1.86. The van der Waals surface area contributed by atoms with Crippen LogP contribution < -0.4 is 0 Å². The van der Waals surface area contributed by atoms with Gasteiger partial charge in [0, 0.05) is 12.6 Å². The molecule has 0 aliphatic rings. The first-order valence-corrected chi connectivity index (χ1v) is 5.95. The SMILES string of the molecule is Cc1cc(F)cc(-c2nnc(CBr)n2C)c1. The number of nitrogens with zero attached hydrogens (tertiary/aromatic N) is 3. The molecule has 0 radical (unpaired) electrons. The maximum Gasteiger partial charge on any atom is 0.163 e. The van der Waals surface area contributed by atoms with E-state index in [2.05, 4.69) is 26.1 Å². The fraction of sp³-hybridized carbons (Fsp3) is 0.273. The molecule has 16 heavy (non-hydrogen) atoms. The second-order valence-electron chi connectivity index (χ2n) is 3.65. The fourth-order valence-electron chi connectivity index (χ4n) is 1.59. The van der Waals surface area contributed by atoms with Gasteiger partial charge in [-0.2, -0.15) is 0 Å². The largest absolute Gasteiger partial charge is 0.313 e. The van der Waals surface area contributed by atoms with E-state index in [1.807, 2.05) is 24.6 Å². The van der Waals surface area contributed by atoms with E-state index in [9.17, 15) is 4.39 Å². The highest BCUT2D eigenvalue weighted by molar-refractivity contribution is 9.08. The molecule has 0 amide bonds. The molecule has 0 unspecified atom stereocenters. The first kappa shape index (κ1) is 11.3. The summed E-state index contributed by atoms with van der Waals surface area (Å²) in [4.78, 5) is 0. The molecule has 0 spiro atoms. The van der Waals surface area contributed by atoms with Crippen molar-refractivity contribution in [1.29, 1.82) is 0 Å². The molecule has 2 aromatic rings. The minimum atomic E-state index is -0.251. The Morgan fingerprint density at radius 3 is 2.62 bits per heavy atom. The van der Waals surface area contributed by atoms with Crippen molar-refractivity contribution in [1.82, 2.24) is 14.8 Å². The van der Waals surface area contributed by atoms with Gasteiger partial charge in [-0.3, -0.25) is 0 Å². The summed E-state index contributed by atoms with van der Waals surface area (Å²) in [6.07, 6.45) is 0. The predicted molar refractivity (Wildman–Crippen MR) is 63.8 cm³/mol. The van der Waals surface area contributed by atoms with E-state index in [1.54, 1.807) is 0 Å². The summed E-state index contributed by atoms with van der Waals surface area (Å²) >= 11 is 3.33. The van der Waals surface area contributed by atoms with Crippen molar-refractivity contribution in [2.45, 2.75) is 12.3 Å². The monoisotopic (exact) mass is 283 g/mol. The van der Waals surface area contributed by atoms with Gasteiger partial charge in [-0.25, -0.2) is 4.39 Å². The quantitative estimate of drug-likeness (QED) is 0.794. The lowest BCUT2D eigenvalue weighted by molar-refractivity contribution is 0.627. The normalized spacial score (nSPS) is 10.8. The Morgan fingerprint density at radius 1 is 1.31 bits per heavy atom. The second kappa shape index (κ2) is 4.33. The molecule has 0 atom stereocenters. The van der Waals surface area contributed by atoms with Gasteiger partial charge in [-0.05, 0) is 30.7 Å². The highest BCUT2D eigenvalue weighted by Gasteiger charge is 2.10. The van der Waals surface area contributed by atoms with Crippen LogP contribution >= 0.6 is 15.9 Å². The van der Waals surface area contributed by atoms with E-state index >= 15 is 0 Å². The Hall–Kier alpha value is -1.23. The highest BCUT2D eigenvalue weighted by Crippen LogP contribution is 2.20. The zero-order chi connectivity index (χ0) is 11.7. The molecular weight excluding hydrogens is 273 g/mol. The van der Waals surface area contributed by atoms with Crippen molar-refractivity contribution in [3.8, 4) is 11.4 Å². The molecule has 0 aliphatic heterocycles. The summed E-state index contributed by atoms with van der Waals surface area (Å²) < 4.78 is 15.1. The Bertz CT molecular complexity index is 502. The Kier molecular flexibility index (Phi) is 3.05. The predicted octanol–water partition coefficient (Wildman–Crippen LogP) is 2.82. The molecule has 0 saturated carbocycles. The van der Waals surface area contributed by atoms with Gasteiger partial charge >= 0.3 is 0 Å². The molecule has 1 heterocycles. The lowest BCUT2D eigenvalue weighted by Gasteiger charge is -2.03. The first-order chi connectivity index (χ1) is 7.61. The molecule has 84 valence electrons. The van der Waals surface area contributed by atoms with Gasteiger partial charge in [-0.1, -0.05) is 15.9 Å². The van der Waals surface area contributed by atoms with Crippen LogP contribution in [0.4, 0.5) is 4.39 Å². The molecule has 0 bridgehead atoms. The van der Waals surface area contributed by atoms with Crippen molar-refractivity contribution in [2.24, 2.45) is 7.05 Å². The summed E-state index contributed by atoms with van der Waals surface area (Å²) in [7, 11) is 1.87. The van der Waals surface area contributed by atoms with Gasteiger partial charge in [0.1, 0.15) is 11.6 Å². The zero-order valence-electron chi connectivity index (χ0n) is 9.04. The van der Waals surface area contributed by atoms with E-state index < -0.39 is 0 Å². The van der Waals surface area contributed by atoms with Crippen LogP contribution in [0.5, 0.6) is 0 Å². The number of aromatic nitrogens is 3. The van der Waals surface area contributed by atoms with Crippen LogP contribution in [0.2, 0.25) is 0 Å². The van der Waals surface area contributed by atoms with Crippen molar-refractivity contribution < 1.29 is 4.39 Å². The average molecular weight is 284 g/mol. The number of aryl methyl sites for hydroxylation is 1. The maximum atomic E-state index is 13.3. The van der Waals surface area contributed by atoms with Crippen LogP contribution in [0.25, 0.3) is 11.4 Å². The number of benzene rings is 1.